The van der Waals surface area contributed by atoms with E-state index in [9.17, 15) is 4.39 Å². The molecule has 5 heteroatoms. The van der Waals surface area contributed by atoms with Crippen LogP contribution in [0.15, 0.2) is 30.3 Å². The largest absolute Gasteiger partial charge is 0.320 e. The highest BCUT2D eigenvalue weighted by Crippen LogP contribution is 2.31. The molecule has 1 aromatic carbocycles. The number of rotatable bonds is 4. The zero-order valence-corrected chi connectivity index (χ0v) is 13.5. The van der Waals surface area contributed by atoms with E-state index in [1.54, 1.807) is 17.4 Å². The Morgan fingerprint density at radius 3 is 2.81 bits per heavy atom. The predicted octanol–water partition coefficient (Wildman–Crippen LogP) is 4.94. The van der Waals surface area contributed by atoms with Crippen molar-refractivity contribution in [2.45, 2.75) is 26.3 Å². The first-order valence-electron chi connectivity index (χ1n) is 6.89. The Hall–Kier alpha value is -1.39. The Morgan fingerprint density at radius 1 is 1.33 bits per heavy atom. The Balaban J connectivity index is 2.19. The van der Waals surface area contributed by atoms with Crippen molar-refractivity contribution < 1.29 is 4.39 Å². The molecule has 2 heterocycles. The first-order valence-corrected chi connectivity index (χ1v) is 8.24. The number of thiophene rings is 1. The quantitative estimate of drug-likeness (QED) is 0.622. The van der Waals surface area contributed by atoms with Crippen LogP contribution in [0, 0.1) is 12.7 Å². The Labute approximate surface area is 132 Å². The van der Waals surface area contributed by atoms with E-state index in [0.717, 1.165) is 11.3 Å². The molecule has 0 fully saturated rings. The summed E-state index contributed by atoms with van der Waals surface area (Å²) in [4.78, 5) is 6.98. The second-order valence-corrected chi connectivity index (χ2v) is 6.77. The predicted molar refractivity (Wildman–Crippen MR) is 87.0 cm³/mol. The Kier molecular flexibility index (Phi) is 4.00. The number of para-hydroxylation sites is 1. The Morgan fingerprint density at radius 2 is 2.14 bits per heavy atom. The van der Waals surface area contributed by atoms with Crippen molar-refractivity contribution in [1.82, 2.24) is 9.55 Å². The molecule has 2 aromatic heterocycles. The lowest BCUT2D eigenvalue weighted by molar-refractivity contribution is 0.633. The van der Waals surface area contributed by atoms with E-state index in [1.807, 2.05) is 6.07 Å². The molecule has 0 aliphatic carbocycles. The third-order valence-electron chi connectivity index (χ3n) is 3.62. The molecule has 21 heavy (non-hydrogen) atoms. The molecule has 0 spiro atoms. The van der Waals surface area contributed by atoms with Gasteiger partial charge in [-0.1, -0.05) is 6.07 Å². The highest BCUT2D eigenvalue weighted by Gasteiger charge is 2.19. The minimum atomic E-state index is -0.281. The maximum absolute atomic E-state index is 14.0. The standard InChI is InChI=1S/C16H16ClFN2S/c1-10-6-7-14(21-10)11(2)20-13-5-3-4-12(18)16(13)19-15(20)8-9-17/h3-7,11H,8-9H2,1-2H3. The molecule has 3 rings (SSSR count). The van der Waals surface area contributed by atoms with Gasteiger partial charge in [0.15, 0.2) is 5.82 Å². The summed E-state index contributed by atoms with van der Waals surface area (Å²) in [5.74, 6) is 1.03. The summed E-state index contributed by atoms with van der Waals surface area (Å²) in [6, 6.07) is 9.45. The second kappa shape index (κ2) is 5.78. The highest BCUT2D eigenvalue weighted by atomic mass is 35.5. The third kappa shape index (κ3) is 2.58. The van der Waals surface area contributed by atoms with Crippen molar-refractivity contribution in [3.8, 4) is 0 Å². The van der Waals surface area contributed by atoms with Gasteiger partial charge in [0.2, 0.25) is 0 Å². The van der Waals surface area contributed by atoms with E-state index in [2.05, 4.69) is 35.5 Å². The van der Waals surface area contributed by atoms with Crippen molar-refractivity contribution in [3.63, 3.8) is 0 Å². The number of imidazole rings is 1. The summed E-state index contributed by atoms with van der Waals surface area (Å²) in [7, 11) is 0. The summed E-state index contributed by atoms with van der Waals surface area (Å²) < 4.78 is 16.1. The summed E-state index contributed by atoms with van der Waals surface area (Å²) in [6.45, 7) is 4.21. The molecule has 1 atom stereocenters. The van der Waals surface area contributed by atoms with Crippen LogP contribution < -0.4 is 0 Å². The average Bonchev–Trinajstić information content (AvgIpc) is 3.03. The van der Waals surface area contributed by atoms with Gasteiger partial charge in [-0.3, -0.25) is 0 Å². The van der Waals surface area contributed by atoms with E-state index < -0.39 is 0 Å². The summed E-state index contributed by atoms with van der Waals surface area (Å²) in [5.41, 5.74) is 1.26. The van der Waals surface area contributed by atoms with Crippen LogP contribution in [0.4, 0.5) is 4.39 Å². The number of fused-ring (bicyclic) bond motifs is 1. The number of benzene rings is 1. The van der Waals surface area contributed by atoms with Crippen molar-refractivity contribution in [1.29, 1.82) is 0 Å². The first-order chi connectivity index (χ1) is 10.1. The topological polar surface area (TPSA) is 17.8 Å². The smallest absolute Gasteiger partial charge is 0.151 e. The number of hydrogen-bond donors (Lipinski definition) is 0. The minimum Gasteiger partial charge on any atom is -0.320 e. The lowest BCUT2D eigenvalue weighted by atomic mass is 10.2. The van der Waals surface area contributed by atoms with Gasteiger partial charge >= 0.3 is 0 Å². The van der Waals surface area contributed by atoms with Gasteiger partial charge in [0.25, 0.3) is 0 Å². The average molecular weight is 323 g/mol. The minimum absolute atomic E-state index is 0.119. The second-order valence-electron chi connectivity index (χ2n) is 5.07. The van der Waals surface area contributed by atoms with Crippen LogP contribution in [0.1, 0.15) is 28.5 Å². The fourth-order valence-corrected chi connectivity index (χ4v) is 3.72. The normalized spacial score (nSPS) is 13.0. The summed E-state index contributed by atoms with van der Waals surface area (Å²) in [5, 5.41) is 0. The first kappa shape index (κ1) is 14.5. The number of nitrogens with zero attached hydrogens (tertiary/aromatic N) is 2. The fraction of sp³-hybridized carbons (Fsp3) is 0.312. The molecule has 0 aliphatic heterocycles. The fourth-order valence-electron chi connectivity index (χ4n) is 2.63. The van der Waals surface area contributed by atoms with Crippen molar-refractivity contribution in [3.05, 3.63) is 51.7 Å². The van der Waals surface area contributed by atoms with E-state index in [-0.39, 0.29) is 11.9 Å². The molecular formula is C16H16ClFN2S. The van der Waals surface area contributed by atoms with Crippen LogP contribution in [0.5, 0.6) is 0 Å². The lowest BCUT2D eigenvalue weighted by Gasteiger charge is -2.16. The molecular weight excluding hydrogens is 307 g/mol. The van der Waals surface area contributed by atoms with Gasteiger partial charge in [-0.25, -0.2) is 9.37 Å². The molecule has 0 aliphatic rings. The number of hydrogen-bond acceptors (Lipinski definition) is 2. The lowest BCUT2D eigenvalue weighted by Crippen LogP contribution is -2.10. The van der Waals surface area contributed by atoms with Gasteiger partial charge in [0.1, 0.15) is 11.3 Å². The molecule has 0 N–H and O–H groups in total. The van der Waals surface area contributed by atoms with E-state index in [0.29, 0.717) is 17.8 Å². The number of aromatic nitrogens is 2. The molecule has 0 bridgehead atoms. The Bertz CT molecular complexity index is 778. The van der Waals surface area contributed by atoms with Gasteiger partial charge in [-0.15, -0.1) is 22.9 Å². The van der Waals surface area contributed by atoms with Crippen LogP contribution in [-0.2, 0) is 6.42 Å². The summed E-state index contributed by atoms with van der Waals surface area (Å²) in [6.07, 6.45) is 0.629. The van der Waals surface area contributed by atoms with E-state index >= 15 is 0 Å². The molecule has 3 aromatic rings. The van der Waals surface area contributed by atoms with Crippen LogP contribution in [0.2, 0.25) is 0 Å². The zero-order valence-electron chi connectivity index (χ0n) is 11.9. The van der Waals surface area contributed by atoms with Crippen LogP contribution in [0.25, 0.3) is 11.0 Å². The van der Waals surface area contributed by atoms with E-state index in [1.165, 1.54) is 15.8 Å². The molecule has 110 valence electrons. The van der Waals surface area contributed by atoms with Crippen LogP contribution >= 0.6 is 22.9 Å². The molecule has 0 saturated carbocycles. The van der Waals surface area contributed by atoms with E-state index in [4.69, 9.17) is 11.6 Å². The number of alkyl halides is 1. The molecule has 0 radical (unpaired) electrons. The maximum Gasteiger partial charge on any atom is 0.151 e. The molecule has 2 nitrogen and oxygen atoms in total. The summed E-state index contributed by atoms with van der Waals surface area (Å²) >= 11 is 7.64. The third-order valence-corrected chi connectivity index (χ3v) is 4.98. The van der Waals surface area contributed by atoms with Crippen molar-refractivity contribution in [2.24, 2.45) is 0 Å². The monoisotopic (exact) mass is 322 g/mol. The van der Waals surface area contributed by atoms with Gasteiger partial charge in [-0.05, 0) is 38.1 Å². The SMILES string of the molecule is Cc1ccc(C(C)n2c(CCCl)nc3c(F)cccc32)s1. The van der Waals surface area contributed by atoms with Crippen molar-refractivity contribution in [2.75, 3.05) is 5.88 Å². The number of halogens is 2. The highest BCUT2D eigenvalue weighted by molar-refractivity contribution is 7.12. The van der Waals surface area contributed by atoms with Gasteiger partial charge in [0.05, 0.1) is 11.6 Å². The van der Waals surface area contributed by atoms with Gasteiger partial charge in [-0.2, -0.15) is 0 Å². The molecule has 0 saturated heterocycles. The zero-order chi connectivity index (χ0) is 15.0. The van der Waals surface area contributed by atoms with Crippen LogP contribution in [-0.4, -0.2) is 15.4 Å². The molecule has 1 unspecified atom stereocenters. The van der Waals surface area contributed by atoms with Crippen LogP contribution in [0.3, 0.4) is 0 Å². The number of aryl methyl sites for hydroxylation is 2. The maximum atomic E-state index is 14.0. The van der Waals surface area contributed by atoms with Gasteiger partial charge in [0, 0.05) is 22.1 Å². The van der Waals surface area contributed by atoms with Crippen molar-refractivity contribution >= 4 is 34.0 Å². The molecule has 0 amide bonds. The van der Waals surface area contributed by atoms with Gasteiger partial charge < -0.3 is 4.57 Å².